The van der Waals surface area contributed by atoms with Gasteiger partial charge in [0, 0.05) is 12.5 Å². The molecular weight excluding hydrogens is 290 g/mol. The van der Waals surface area contributed by atoms with Crippen LogP contribution in [0.5, 0.6) is 0 Å². The predicted molar refractivity (Wildman–Crippen MR) is 80.3 cm³/mol. The fourth-order valence-corrected chi connectivity index (χ4v) is 2.96. The summed E-state index contributed by atoms with van der Waals surface area (Å²) in [6, 6.07) is 3.15. The normalized spacial score (nSPS) is 16.8. The van der Waals surface area contributed by atoms with Crippen molar-refractivity contribution in [3.05, 3.63) is 18.3 Å². The van der Waals surface area contributed by atoms with Gasteiger partial charge in [-0.25, -0.2) is 18.5 Å². The number of anilines is 1. The molecular formula is C14H24N3O3S+. The smallest absolute Gasteiger partial charge is 0.272 e. The number of rotatable bonds is 7. The van der Waals surface area contributed by atoms with E-state index in [1.165, 1.54) is 44.4 Å². The Labute approximate surface area is 126 Å². The summed E-state index contributed by atoms with van der Waals surface area (Å²) < 4.78 is 28.1. The summed E-state index contributed by atoms with van der Waals surface area (Å²) in [5.74, 6) is 0.764. The van der Waals surface area contributed by atoms with E-state index in [1.807, 2.05) is 0 Å². The van der Waals surface area contributed by atoms with E-state index in [0.717, 1.165) is 25.4 Å². The van der Waals surface area contributed by atoms with E-state index in [1.54, 1.807) is 6.07 Å². The van der Waals surface area contributed by atoms with Crippen LogP contribution >= 0.6 is 0 Å². The first-order chi connectivity index (χ1) is 10.1. The van der Waals surface area contributed by atoms with Crippen molar-refractivity contribution in [1.29, 1.82) is 0 Å². The van der Waals surface area contributed by atoms with Gasteiger partial charge >= 0.3 is 0 Å². The Morgan fingerprint density at radius 2 is 2.05 bits per heavy atom. The maximum absolute atomic E-state index is 11.1. The molecule has 1 fully saturated rings. The molecule has 1 aliphatic rings. The van der Waals surface area contributed by atoms with Gasteiger partial charge in [0.05, 0.1) is 19.3 Å². The summed E-state index contributed by atoms with van der Waals surface area (Å²) in [6.45, 7) is 1.53. The molecule has 0 radical (unpaired) electrons. The molecule has 1 aliphatic carbocycles. The molecule has 21 heavy (non-hydrogen) atoms. The molecule has 0 aliphatic heterocycles. The van der Waals surface area contributed by atoms with Crippen molar-refractivity contribution in [1.82, 2.24) is 0 Å². The maximum atomic E-state index is 11.1. The number of primary sulfonamides is 1. The number of hydrogen-bond donors (Lipinski definition) is 2. The van der Waals surface area contributed by atoms with Gasteiger partial charge in [-0.05, 0) is 18.9 Å². The van der Waals surface area contributed by atoms with Gasteiger partial charge in [-0.2, -0.15) is 0 Å². The van der Waals surface area contributed by atoms with Gasteiger partial charge in [0.25, 0.3) is 5.82 Å². The highest BCUT2D eigenvalue weighted by molar-refractivity contribution is 7.89. The minimum atomic E-state index is -3.64. The van der Waals surface area contributed by atoms with Crippen LogP contribution in [0.1, 0.15) is 38.5 Å². The number of H-pyrrole nitrogens is 1. The first kappa shape index (κ1) is 16.2. The lowest BCUT2D eigenvalue weighted by molar-refractivity contribution is -0.364. The van der Waals surface area contributed by atoms with Crippen molar-refractivity contribution < 1.29 is 18.1 Å². The molecule has 0 spiro atoms. The quantitative estimate of drug-likeness (QED) is 0.742. The van der Waals surface area contributed by atoms with Gasteiger partial charge in [0.2, 0.25) is 10.0 Å². The van der Waals surface area contributed by atoms with Crippen molar-refractivity contribution >= 4 is 15.8 Å². The summed E-state index contributed by atoms with van der Waals surface area (Å²) in [5.41, 5.74) is 0. The van der Waals surface area contributed by atoms with Gasteiger partial charge < -0.3 is 4.74 Å². The standard InChI is InChI=1S/C14H23N3O3S/c15-21(18,19)13-7-8-14(17-11-13)16-9-4-10-20-12-5-2-1-3-6-12/h7-8,11-12H,1-6,9-10H2,(H,16,17)(H2,15,18,19)/p+1. The first-order valence-corrected chi connectivity index (χ1v) is 9.00. The molecule has 6 nitrogen and oxygen atoms in total. The van der Waals surface area contributed by atoms with E-state index >= 15 is 0 Å². The number of sulfonamides is 1. The van der Waals surface area contributed by atoms with Gasteiger partial charge in [0.15, 0.2) is 0 Å². The van der Waals surface area contributed by atoms with Crippen molar-refractivity contribution in [2.75, 3.05) is 18.5 Å². The Morgan fingerprint density at radius 3 is 2.67 bits per heavy atom. The average Bonchev–Trinajstić information content (AvgIpc) is 2.47. The van der Waals surface area contributed by atoms with E-state index in [4.69, 9.17) is 9.88 Å². The molecule has 1 saturated carbocycles. The molecule has 0 saturated heterocycles. The van der Waals surface area contributed by atoms with Gasteiger partial charge in [-0.3, -0.25) is 5.32 Å². The van der Waals surface area contributed by atoms with Crippen molar-refractivity contribution in [3.63, 3.8) is 0 Å². The Hall–Kier alpha value is -1.18. The largest absolute Gasteiger partial charge is 0.378 e. The Bertz CT molecular complexity index is 525. The van der Waals surface area contributed by atoms with Gasteiger partial charge in [0.1, 0.15) is 11.1 Å². The fraction of sp³-hybridized carbons (Fsp3) is 0.643. The van der Waals surface area contributed by atoms with E-state index in [2.05, 4.69) is 10.3 Å². The Kier molecular flexibility index (Phi) is 5.96. The highest BCUT2D eigenvalue weighted by Gasteiger charge is 2.13. The van der Waals surface area contributed by atoms with E-state index in [0.29, 0.717) is 6.10 Å². The molecule has 118 valence electrons. The zero-order valence-electron chi connectivity index (χ0n) is 12.2. The monoisotopic (exact) mass is 314 g/mol. The van der Waals surface area contributed by atoms with Crippen LogP contribution in [0.25, 0.3) is 0 Å². The van der Waals surface area contributed by atoms with E-state index < -0.39 is 10.0 Å². The average molecular weight is 314 g/mol. The SMILES string of the molecule is NS(=O)(=O)c1ccc(NCCCOC2CCCCC2)[nH+]c1. The molecule has 0 bridgehead atoms. The van der Waals surface area contributed by atoms with Crippen LogP contribution in [-0.2, 0) is 14.8 Å². The molecule has 0 unspecified atom stereocenters. The second kappa shape index (κ2) is 7.72. The Balaban J connectivity index is 1.64. The number of hydrogen-bond acceptors (Lipinski definition) is 4. The van der Waals surface area contributed by atoms with Crippen LogP contribution in [0.3, 0.4) is 0 Å². The van der Waals surface area contributed by atoms with Crippen LogP contribution in [0.2, 0.25) is 0 Å². The zero-order valence-corrected chi connectivity index (χ0v) is 13.0. The van der Waals surface area contributed by atoms with Gasteiger partial charge in [-0.1, -0.05) is 19.3 Å². The number of aromatic amines is 1. The van der Waals surface area contributed by atoms with Crippen molar-refractivity contribution in [2.24, 2.45) is 5.14 Å². The fourth-order valence-electron chi connectivity index (χ4n) is 2.47. The molecule has 0 aromatic carbocycles. The van der Waals surface area contributed by atoms with Crippen LogP contribution in [-0.4, -0.2) is 27.7 Å². The predicted octanol–water partition coefficient (Wildman–Crippen LogP) is 1.30. The number of aromatic nitrogens is 1. The van der Waals surface area contributed by atoms with Crippen LogP contribution < -0.4 is 15.4 Å². The van der Waals surface area contributed by atoms with E-state index in [9.17, 15) is 8.42 Å². The summed E-state index contributed by atoms with van der Waals surface area (Å²) in [4.78, 5) is 2.95. The molecule has 0 amide bonds. The minimum absolute atomic E-state index is 0.0775. The lowest BCUT2D eigenvalue weighted by Gasteiger charge is -2.21. The highest BCUT2D eigenvalue weighted by atomic mass is 32.2. The number of nitrogens with two attached hydrogens (primary N) is 1. The van der Waals surface area contributed by atoms with Gasteiger partial charge in [-0.15, -0.1) is 0 Å². The third-order valence-corrected chi connectivity index (χ3v) is 4.57. The number of ether oxygens (including phenoxy) is 1. The van der Waals surface area contributed by atoms with Crippen molar-refractivity contribution in [3.8, 4) is 0 Å². The third-order valence-electron chi connectivity index (χ3n) is 3.66. The molecule has 1 heterocycles. The minimum Gasteiger partial charge on any atom is -0.378 e. The molecule has 2 rings (SSSR count). The number of pyridine rings is 1. The molecule has 1 aromatic rings. The third kappa shape index (κ3) is 5.61. The Morgan fingerprint density at radius 1 is 1.29 bits per heavy atom. The molecule has 4 N–H and O–H groups in total. The molecule has 1 aromatic heterocycles. The molecule has 0 atom stereocenters. The van der Waals surface area contributed by atoms with Crippen LogP contribution in [0.4, 0.5) is 5.82 Å². The van der Waals surface area contributed by atoms with Crippen LogP contribution in [0, 0.1) is 0 Å². The lowest BCUT2D eigenvalue weighted by atomic mass is 9.98. The van der Waals surface area contributed by atoms with Crippen LogP contribution in [0.15, 0.2) is 23.2 Å². The lowest BCUT2D eigenvalue weighted by Crippen LogP contribution is -2.20. The van der Waals surface area contributed by atoms with E-state index in [-0.39, 0.29) is 4.90 Å². The second-order valence-electron chi connectivity index (χ2n) is 5.39. The summed E-state index contributed by atoms with van der Waals surface area (Å²) in [7, 11) is -3.64. The topological polar surface area (TPSA) is 95.6 Å². The van der Waals surface area contributed by atoms with Crippen molar-refractivity contribution in [2.45, 2.75) is 49.5 Å². The molecule has 7 heteroatoms. The maximum Gasteiger partial charge on any atom is 0.272 e. The second-order valence-corrected chi connectivity index (χ2v) is 6.96. The first-order valence-electron chi connectivity index (χ1n) is 7.46. The summed E-state index contributed by atoms with van der Waals surface area (Å²) in [5, 5.41) is 8.22. The summed E-state index contributed by atoms with van der Waals surface area (Å²) in [6.07, 6.45) is 9.04. The summed E-state index contributed by atoms with van der Waals surface area (Å²) >= 11 is 0. The zero-order chi connectivity index (χ0) is 15.1. The number of nitrogens with one attached hydrogen (secondary N) is 2. The highest BCUT2D eigenvalue weighted by Crippen LogP contribution is 2.20.